The Kier molecular flexibility index (Phi) is 6.54. The number of amides is 2. The average molecular weight is 350 g/mol. The van der Waals surface area contributed by atoms with E-state index in [2.05, 4.69) is 38.2 Å². The molecule has 0 spiro atoms. The SMILES string of the molecule is CC(C)(C)c1ccc(OCCNC(=O)CCN2CCSC2=O)cc1. The van der Waals surface area contributed by atoms with Gasteiger partial charge >= 0.3 is 0 Å². The summed E-state index contributed by atoms with van der Waals surface area (Å²) in [6, 6.07) is 8.05. The van der Waals surface area contributed by atoms with Gasteiger partial charge in [-0.2, -0.15) is 0 Å². The molecule has 1 saturated heterocycles. The van der Waals surface area contributed by atoms with E-state index in [9.17, 15) is 9.59 Å². The number of hydrogen-bond acceptors (Lipinski definition) is 4. The zero-order chi connectivity index (χ0) is 17.6. The van der Waals surface area contributed by atoms with Crippen molar-refractivity contribution in [1.29, 1.82) is 0 Å². The Morgan fingerprint density at radius 1 is 1.29 bits per heavy atom. The third kappa shape index (κ3) is 5.74. The van der Waals surface area contributed by atoms with Crippen LogP contribution in [0.3, 0.4) is 0 Å². The van der Waals surface area contributed by atoms with E-state index in [1.807, 2.05) is 12.1 Å². The average Bonchev–Trinajstić information content (AvgIpc) is 2.94. The van der Waals surface area contributed by atoms with E-state index in [1.165, 1.54) is 17.3 Å². The van der Waals surface area contributed by atoms with Crippen molar-refractivity contribution in [2.24, 2.45) is 0 Å². The Bertz CT molecular complexity index is 567. The molecule has 0 saturated carbocycles. The van der Waals surface area contributed by atoms with Crippen LogP contribution in [0.4, 0.5) is 4.79 Å². The van der Waals surface area contributed by atoms with E-state index >= 15 is 0 Å². The Morgan fingerprint density at radius 2 is 2.00 bits per heavy atom. The number of ether oxygens (including phenoxy) is 1. The predicted molar refractivity (Wildman–Crippen MR) is 97.7 cm³/mol. The highest BCUT2D eigenvalue weighted by atomic mass is 32.2. The summed E-state index contributed by atoms with van der Waals surface area (Å²) in [5.41, 5.74) is 1.39. The zero-order valence-corrected chi connectivity index (χ0v) is 15.4. The van der Waals surface area contributed by atoms with Gasteiger partial charge in [0.25, 0.3) is 5.24 Å². The highest BCUT2D eigenvalue weighted by molar-refractivity contribution is 8.13. The lowest BCUT2D eigenvalue weighted by molar-refractivity contribution is -0.121. The van der Waals surface area contributed by atoms with Gasteiger partial charge in [-0.3, -0.25) is 9.59 Å². The largest absolute Gasteiger partial charge is 0.492 e. The van der Waals surface area contributed by atoms with Crippen LogP contribution in [0, 0.1) is 0 Å². The fourth-order valence-corrected chi connectivity index (χ4v) is 3.22. The van der Waals surface area contributed by atoms with Crippen LogP contribution in [0.1, 0.15) is 32.8 Å². The molecule has 0 aromatic heterocycles. The van der Waals surface area contributed by atoms with Gasteiger partial charge in [-0.25, -0.2) is 0 Å². The van der Waals surface area contributed by atoms with Crippen LogP contribution in [0.15, 0.2) is 24.3 Å². The lowest BCUT2D eigenvalue weighted by Crippen LogP contribution is -2.32. The Balaban J connectivity index is 1.62. The number of hydrogen-bond donors (Lipinski definition) is 1. The topological polar surface area (TPSA) is 58.6 Å². The molecule has 1 aromatic carbocycles. The molecule has 1 aliphatic heterocycles. The first-order valence-corrected chi connectivity index (χ1v) is 9.26. The molecular weight excluding hydrogens is 324 g/mol. The summed E-state index contributed by atoms with van der Waals surface area (Å²) < 4.78 is 5.64. The number of nitrogens with zero attached hydrogens (tertiary/aromatic N) is 1. The molecule has 2 amide bonds. The second kappa shape index (κ2) is 8.42. The molecule has 1 N–H and O–H groups in total. The Labute approximate surface area is 148 Å². The van der Waals surface area contributed by atoms with Gasteiger partial charge in [0.1, 0.15) is 12.4 Å². The van der Waals surface area contributed by atoms with Crippen LogP contribution in [0.25, 0.3) is 0 Å². The smallest absolute Gasteiger partial charge is 0.281 e. The third-order valence-electron chi connectivity index (χ3n) is 3.87. The predicted octanol–water partition coefficient (Wildman–Crippen LogP) is 3.04. The minimum absolute atomic E-state index is 0.0496. The number of carbonyl (C=O) groups excluding carboxylic acids is 2. The minimum atomic E-state index is -0.0496. The quantitative estimate of drug-likeness (QED) is 0.768. The van der Waals surface area contributed by atoms with Gasteiger partial charge in [0.05, 0.1) is 6.54 Å². The molecule has 0 unspecified atom stereocenters. The fraction of sp³-hybridized carbons (Fsp3) is 0.556. The molecule has 0 atom stereocenters. The molecule has 1 aliphatic rings. The van der Waals surface area contributed by atoms with Gasteiger partial charge < -0.3 is 15.0 Å². The fourth-order valence-electron chi connectivity index (χ4n) is 2.36. The van der Waals surface area contributed by atoms with E-state index in [4.69, 9.17) is 4.74 Å². The summed E-state index contributed by atoms with van der Waals surface area (Å²) in [6.07, 6.45) is 0.340. The maximum atomic E-state index is 11.8. The summed E-state index contributed by atoms with van der Waals surface area (Å²) in [5.74, 6) is 1.57. The van der Waals surface area contributed by atoms with Crippen LogP contribution in [-0.4, -0.2) is 48.0 Å². The number of carbonyl (C=O) groups is 2. The lowest BCUT2D eigenvalue weighted by Gasteiger charge is -2.19. The summed E-state index contributed by atoms with van der Waals surface area (Å²) >= 11 is 1.31. The van der Waals surface area contributed by atoms with Crippen molar-refractivity contribution < 1.29 is 14.3 Å². The molecule has 2 rings (SSSR count). The van der Waals surface area contributed by atoms with Crippen molar-refractivity contribution in [3.8, 4) is 5.75 Å². The van der Waals surface area contributed by atoms with E-state index in [-0.39, 0.29) is 16.6 Å². The van der Waals surface area contributed by atoms with E-state index in [0.29, 0.717) is 26.1 Å². The van der Waals surface area contributed by atoms with Crippen LogP contribution >= 0.6 is 11.8 Å². The second-order valence-corrected chi connectivity index (χ2v) is 7.87. The monoisotopic (exact) mass is 350 g/mol. The minimum Gasteiger partial charge on any atom is -0.492 e. The normalized spacial score (nSPS) is 14.8. The number of rotatable bonds is 7. The van der Waals surface area contributed by atoms with Gasteiger partial charge in [-0.1, -0.05) is 44.7 Å². The van der Waals surface area contributed by atoms with Gasteiger partial charge in [-0.05, 0) is 23.1 Å². The molecule has 1 fully saturated rings. The van der Waals surface area contributed by atoms with Crippen molar-refractivity contribution in [1.82, 2.24) is 10.2 Å². The van der Waals surface area contributed by atoms with E-state index in [0.717, 1.165) is 18.0 Å². The maximum Gasteiger partial charge on any atom is 0.281 e. The Hall–Kier alpha value is -1.69. The maximum absolute atomic E-state index is 11.8. The van der Waals surface area contributed by atoms with Gasteiger partial charge in [0, 0.05) is 25.3 Å². The number of benzene rings is 1. The molecule has 6 heteroatoms. The molecule has 5 nitrogen and oxygen atoms in total. The van der Waals surface area contributed by atoms with Crippen LogP contribution in [-0.2, 0) is 10.2 Å². The highest BCUT2D eigenvalue weighted by Gasteiger charge is 2.21. The van der Waals surface area contributed by atoms with Crippen LogP contribution < -0.4 is 10.1 Å². The molecule has 132 valence electrons. The van der Waals surface area contributed by atoms with Gasteiger partial charge in [0.15, 0.2) is 0 Å². The third-order valence-corrected chi connectivity index (χ3v) is 4.76. The van der Waals surface area contributed by atoms with E-state index < -0.39 is 0 Å². The van der Waals surface area contributed by atoms with Crippen molar-refractivity contribution >= 4 is 22.9 Å². The van der Waals surface area contributed by atoms with E-state index in [1.54, 1.807) is 4.90 Å². The van der Waals surface area contributed by atoms with Crippen molar-refractivity contribution in [3.63, 3.8) is 0 Å². The number of nitrogens with one attached hydrogen (secondary N) is 1. The first kappa shape index (κ1) is 18.6. The standard InChI is InChI=1S/C18H26N2O3S/c1-18(2,3)14-4-6-15(7-5-14)23-12-9-19-16(21)8-10-20-11-13-24-17(20)22/h4-7H,8-13H2,1-3H3,(H,19,21). The van der Waals surface area contributed by atoms with Crippen molar-refractivity contribution in [2.75, 3.05) is 32.0 Å². The second-order valence-electron chi connectivity index (χ2n) is 6.82. The summed E-state index contributed by atoms with van der Waals surface area (Å²) in [6.45, 7) is 8.64. The van der Waals surface area contributed by atoms with Crippen molar-refractivity contribution in [3.05, 3.63) is 29.8 Å². The molecule has 0 bridgehead atoms. The molecule has 1 aromatic rings. The van der Waals surface area contributed by atoms with Crippen LogP contribution in [0.5, 0.6) is 5.75 Å². The summed E-state index contributed by atoms with van der Waals surface area (Å²) in [5, 5.41) is 2.89. The summed E-state index contributed by atoms with van der Waals surface area (Å²) in [7, 11) is 0. The van der Waals surface area contributed by atoms with Gasteiger partial charge in [-0.15, -0.1) is 0 Å². The first-order valence-electron chi connectivity index (χ1n) is 8.28. The molecule has 0 radical (unpaired) electrons. The van der Waals surface area contributed by atoms with Crippen LogP contribution in [0.2, 0.25) is 0 Å². The highest BCUT2D eigenvalue weighted by Crippen LogP contribution is 2.24. The first-order chi connectivity index (χ1) is 11.4. The zero-order valence-electron chi connectivity index (χ0n) is 14.6. The Morgan fingerprint density at radius 3 is 2.58 bits per heavy atom. The molecule has 24 heavy (non-hydrogen) atoms. The van der Waals surface area contributed by atoms with Crippen molar-refractivity contribution in [2.45, 2.75) is 32.6 Å². The lowest BCUT2D eigenvalue weighted by atomic mass is 9.87. The van der Waals surface area contributed by atoms with Gasteiger partial charge in [0.2, 0.25) is 5.91 Å². The molecule has 0 aliphatic carbocycles. The summed E-state index contributed by atoms with van der Waals surface area (Å²) in [4.78, 5) is 24.9. The molecular formula is C18H26N2O3S. The number of thioether (sulfide) groups is 1. The molecule has 1 heterocycles.